The molecule has 0 saturated heterocycles. The second-order valence-corrected chi connectivity index (χ2v) is 6.83. The molecule has 2 heterocycles. The average molecular weight is 331 g/mol. The van der Waals surface area contributed by atoms with E-state index in [0.29, 0.717) is 6.61 Å². The Balaban J connectivity index is 1.45. The first-order valence-corrected chi connectivity index (χ1v) is 9.06. The van der Waals surface area contributed by atoms with Crippen LogP contribution >= 0.6 is 23.1 Å². The largest absolute Gasteiger partial charge is 0.486 e. The smallest absolute Gasteiger partial charge is 0.140 e. The molecule has 0 radical (unpaired) electrons. The van der Waals surface area contributed by atoms with Crippen molar-refractivity contribution in [3.8, 4) is 5.75 Å². The van der Waals surface area contributed by atoms with E-state index < -0.39 is 0 Å². The van der Waals surface area contributed by atoms with Crippen LogP contribution in [0.15, 0.2) is 52.5 Å². The number of hydrogen-bond acceptors (Lipinski definition) is 5. The highest BCUT2D eigenvalue weighted by atomic mass is 32.2. The van der Waals surface area contributed by atoms with Gasteiger partial charge in [0.2, 0.25) is 0 Å². The molecule has 0 amide bonds. The first-order chi connectivity index (χ1) is 10.8. The molecule has 0 aliphatic rings. The van der Waals surface area contributed by atoms with Crippen LogP contribution in [0.2, 0.25) is 0 Å². The summed E-state index contributed by atoms with van der Waals surface area (Å²) in [7, 11) is 0. The zero-order chi connectivity index (χ0) is 15.2. The van der Waals surface area contributed by atoms with Gasteiger partial charge in [0.05, 0.1) is 17.7 Å². The lowest BCUT2D eigenvalue weighted by Crippen LogP contribution is -1.95. The predicted octanol–water partition coefficient (Wildman–Crippen LogP) is 5.06. The van der Waals surface area contributed by atoms with Gasteiger partial charge in [0.25, 0.3) is 0 Å². The van der Waals surface area contributed by atoms with Crippen LogP contribution in [0.5, 0.6) is 5.75 Å². The van der Waals surface area contributed by atoms with E-state index in [1.807, 2.05) is 36.4 Å². The summed E-state index contributed by atoms with van der Waals surface area (Å²) in [5, 5.41) is 3.11. The molecule has 3 rings (SSSR count). The van der Waals surface area contributed by atoms with Gasteiger partial charge in [-0.1, -0.05) is 17.7 Å². The van der Waals surface area contributed by atoms with Gasteiger partial charge in [-0.25, -0.2) is 4.98 Å². The number of aromatic nitrogens is 1. The molecule has 114 valence electrons. The van der Waals surface area contributed by atoms with Crippen molar-refractivity contribution in [3.05, 3.63) is 70.1 Å². The van der Waals surface area contributed by atoms with E-state index >= 15 is 0 Å². The minimum Gasteiger partial charge on any atom is -0.486 e. The summed E-state index contributed by atoms with van der Waals surface area (Å²) >= 11 is 3.45. The number of nitrogens with zero attached hydrogens (tertiary/aromatic N) is 1. The lowest BCUT2D eigenvalue weighted by Gasteiger charge is -2.03. The molecule has 0 fully saturated rings. The van der Waals surface area contributed by atoms with Crippen LogP contribution in [0.3, 0.4) is 0 Å². The van der Waals surface area contributed by atoms with Gasteiger partial charge < -0.3 is 9.15 Å². The molecule has 0 spiro atoms. The lowest BCUT2D eigenvalue weighted by atomic mass is 10.2. The maximum atomic E-state index is 5.75. The summed E-state index contributed by atoms with van der Waals surface area (Å²) in [4.78, 5) is 4.60. The second kappa shape index (κ2) is 7.51. The number of ether oxygens (including phenoxy) is 1. The number of furan rings is 1. The molecule has 0 atom stereocenters. The Bertz CT molecular complexity index is 690. The molecule has 0 N–H and O–H groups in total. The summed E-state index contributed by atoms with van der Waals surface area (Å²) in [5.74, 6) is 3.65. The average Bonchev–Trinajstić information content (AvgIpc) is 3.19. The lowest BCUT2D eigenvalue weighted by molar-refractivity contribution is 0.305. The van der Waals surface area contributed by atoms with Gasteiger partial charge in [-0.15, -0.1) is 23.1 Å². The monoisotopic (exact) mass is 331 g/mol. The first-order valence-electron chi connectivity index (χ1n) is 7.02. The third kappa shape index (κ3) is 4.39. The third-order valence-electron chi connectivity index (χ3n) is 3.06. The third-order valence-corrected chi connectivity index (χ3v) is 4.92. The Labute approximate surface area is 138 Å². The van der Waals surface area contributed by atoms with Crippen molar-refractivity contribution in [2.75, 3.05) is 0 Å². The van der Waals surface area contributed by atoms with Crippen molar-refractivity contribution in [1.29, 1.82) is 0 Å². The quantitative estimate of drug-likeness (QED) is 0.606. The van der Waals surface area contributed by atoms with Crippen LogP contribution in [-0.2, 0) is 18.1 Å². The van der Waals surface area contributed by atoms with Gasteiger partial charge in [-0.2, -0.15) is 0 Å². The topological polar surface area (TPSA) is 35.3 Å². The molecule has 0 unspecified atom stereocenters. The van der Waals surface area contributed by atoms with Crippen molar-refractivity contribution in [2.45, 2.75) is 25.0 Å². The van der Waals surface area contributed by atoms with Gasteiger partial charge in [-0.05, 0) is 31.2 Å². The molecule has 1 aromatic carbocycles. The number of aryl methyl sites for hydroxylation is 1. The molecule has 0 aliphatic heterocycles. The maximum Gasteiger partial charge on any atom is 0.140 e. The molecule has 5 heteroatoms. The first kappa shape index (κ1) is 15.2. The molecule has 22 heavy (non-hydrogen) atoms. The number of rotatable bonds is 7. The van der Waals surface area contributed by atoms with E-state index in [1.54, 1.807) is 29.4 Å². The van der Waals surface area contributed by atoms with E-state index in [-0.39, 0.29) is 0 Å². The SMILES string of the molecule is Cc1ccc(OCc2nc(CSCc3ccco3)cs2)cc1. The molecular weight excluding hydrogens is 314 g/mol. The molecular formula is C17H17NO2S2. The summed E-state index contributed by atoms with van der Waals surface area (Å²) in [5.41, 5.74) is 2.33. The van der Waals surface area contributed by atoms with Crippen molar-refractivity contribution < 1.29 is 9.15 Å². The Hall–Kier alpha value is -1.72. The van der Waals surface area contributed by atoms with Crippen molar-refractivity contribution in [3.63, 3.8) is 0 Å². The molecule has 3 aromatic rings. The van der Waals surface area contributed by atoms with Crippen LogP contribution in [0, 0.1) is 6.92 Å². The maximum absolute atomic E-state index is 5.75. The van der Waals surface area contributed by atoms with E-state index in [2.05, 4.69) is 17.3 Å². The molecule has 0 aliphatic carbocycles. The van der Waals surface area contributed by atoms with Gasteiger partial charge in [0, 0.05) is 11.1 Å². The van der Waals surface area contributed by atoms with Crippen LogP contribution in [0.4, 0.5) is 0 Å². The molecule has 0 bridgehead atoms. The van der Waals surface area contributed by atoms with Gasteiger partial charge in [0.1, 0.15) is 23.1 Å². The Morgan fingerprint density at radius 1 is 1.18 bits per heavy atom. The van der Waals surface area contributed by atoms with Gasteiger partial charge in [-0.3, -0.25) is 0 Å². The fourth-order valence-electron chi connectivity index (χ4n) is 1.91. The normalized spacial score (nSPS) is 10.8. The highest BCUT2D eigenvalue weighted by molar-refractivity contribution is 7.97. The Morgan fingerprint density at radius 3 is 2.82 bits per heavy atom. The molecule has 3 nitrogen and oxygen atoms in total. The van der Waals surface area contributed by atoms with Crippen molar-refractivity contribution in [2.24, 2.45) is 0 Å². The Morgan fingerprint density at radius 2 is 2.05 bits per heavy atom. The van der Waals surface area contributed by atoms with Crippen LogP contribution in [-0.4, -0.2) is 4.98 Å². The van der Waals surface area contributed by atoms with Gasteiger partial charge >= 0.3 is 0 Å². The van der Waals surface area contributed by atoms with E-state index in [4.69, 9.17) is 9.15 Å². The summed E-state index contributed by atoms with van der Waals surface area (Å²) < 4.78 is 11.1. The van der Waals surface area contributed by atoms with Crippen LogP contribution < -0.4 is 4.74 Å². The summed E-state index contributed by atoms with van der Waals surface area (Å²) in [6, 6.07) is 12.0. The van der Waals surface area contributed by atoms with E-state index in [1.165, 1.54) is 5.56 Å². The summed E-state index contributed by atoms with van der Waals surface area (Å²) in [6.07, 6.45) is 1.71. The van der Waals surface area contributed by atoms with Crippen molar-refractivity contribution >= 4 is 23.1 Å². The highest BCUT2D eigenvalue weighted by Crippen LogP contribution is 2.21. The second-order valence-electron chi connectivity index (χ2n) is 4.91. The van der Waals surface area contributed by atoms with Crippen LogP contribution in [0.25, 0.3) is 0 Å². The number of thiazole rings is 1. The van der Waals surface area contributed by atoms with Crippen molar-refractivity contribution in [1.82, 2.24) is 4.98 Å². The van der Waals surface area contributed by atoms with Crippen LogP contribution in [0.1, 0.15) is 22.0 Å². The fourth-order valence-corrected chi connectivity index (χ4v) is 3.55. The zero-order valence-electron chi connectivity index (χ0n) is 12.3. The highest BCUT2D eigenvalue weighted by Gasteiger charge is 2.04. The molecule has 0 saturated carbocycles. The van der Waals surface area contributed by atoms with E-state index in [0.717, 1.165) is 33.7 Å². The zero-order valence-corrected chi connectivity index (χ0v) is 14.0. The molecule has 2 aromatic heterocycles. The number of benzene rings is 1. The van der Waals surface area contributed by atoms with E-state index in [9.17, 15) is 0 Å². The fraction of sp³-hybridized carbons (Fsp3) is 0.235. The minimum atomic E-state index is 0.524. The number of thioether (sulfide) groups is 1. The van der Waals surface area contributed by atoms with Gasteiger partial charge in [0.15, 0.2) is 0 Å². The minimum absolute atomic E-state index is 0.524. The number of hydrogen-bond donors (Lipinski definition) is 0. The standard InChI is InChI=1S/C17H17NO2S2/c1-13-4-6-15(7-5-13)20-9-17-18-14(11-22-17)10-21-12-16-3-2-8-19-16/h2-8,11H,9-10,12H2,1H3. The predicted molar refractivity (Wildman–Crippen MR) is 91.3 cm³/mol. The summed E-state index contributed by atoms with van der Waals surface area (Å²) in [6.45, 7) is 2.59. The Kier molecular flexibility index (Phi) is 5.19.